The van der Waals surface area contributed by atoms with Gasteiger partial charge in [0, 0.05) is 58.3 Å². The lowest BCUT2D eigenvalue weighted by Gasteiger charge is -2.33. The molecule has 2 N–H and O–H groups in total. The number of furan rings is 1. The number of ether oxygens (including phenoxy) is 1. The Labute approximate surface area is 155 Å². The molecule has 1 aromatic heterocycles. The zero-order valence-electron chi connectivity index (χ0n) is 15.6. The molecule has 2 aliphatic rings. The fourth-order valence-electron chi connectivity index (χ4n) is 3.43. The minimum atomic E-state index is 0.163. The molecule has 0 aromatic carbocycles. The van der Waals surface area contributed by atoms with Crippen LogP contribution in [-0.4, -0.2) is 61.7 Å². The van der Waals surface area contributed by atoms with E-state index < -0.39 is 0 Å². The van der Waals surface area contributed by atoms with E-state index in [9.17, 15) is 4.79 Å². The summed E-state index contributed by atoms with van der Waals surface area (Å²) in [4.78, 5) is 18.2. The minimum Gasteiger partial charge on any atom is -0.469 e. The van der Waals surface area contributed by atoms with Gasteiger partial charge in [-0.25, -0.2) is 0 Å². The number of hydrogen-bond donors (Lipinski definition) is 2. The number of carbonyl (C=O) groups excluding carboxylic acids is 1. The maximum absolute atomic E-state index is 11.5. The Kier molecular flexibility index (Phi) is 6.94. The molecule has 0 radical (unpaired) electrons. The molecule has 3 heterocycles. The van der Waals surface area contributed by atoms with Gasteiger partial charge in [0.1, 0.15) is 5.76 Å². The number of rotatable bonds is 5. The highest BCUT2D eigenvalue weighted by Gasteiger charge is 2.22. The van der Waals surface area contributed by atoms with Crippen LogP contribution < -0.4 is 10.6 Å². The van der Waals surface area contributed by atoms with E-state index in [0.717, 1.165) is 70.1 Å². The molecule has 0 aliphatic carbocycles. The quantitative estimate of drug-likeness (QED) is 0.614. The summed E-state index contributed by atoms with van der Waals surface area (Å²) in [7, 11) is 0. The largest absolute Gasteiger partial charge is 0.469 e. The van der Waals surface area contributed by atoms with Gasteiger partial charge < -0.3 is 24.7 Å². The Morgan fingerprint density at radius 2 is 1.88 bits per heavy atom. The number of nitrogens with zero attached hydrogens (tertiary/aromatic N) is 2. The molecule has 7 nitrogen and oxygen atoms in total. The van der Waals surface area contributed by atoms with Crippen LogP contribution in [0.2, 0.25) is 0 Å². The highest BCUT2D eigenvalue weighted by Crippen LogP contribution is 2.11. The van der Waals surface area contributed by atoms with Crippen LogP contribution in [-0.2, 0) is 16.0 Å². The molecule has 26 heavy (non-hydrogen) atoms. The number of aliphatic imine (C=N–C) groups is 1. The van der Waals surface area contributed by atoms with Crippen molar-refractivity contribution in [1.29, 1.82) is 0 Å². The average molecular weight is 362 g/mol. The summed E-state index contributed by atoms with van der Waals surface area (Å²) in [6.45, 7) is 5.54. The fraction of sp³-hybridized carbons (Fsp3) is 0.684. The molecular weight excluding hydrogens is 332 g/mol. The molecule has 7 heteroatoms. The Balaban J connectivity index is 1.54. The van der Waals surface area contributed by atoms with E-state index in [1.165, 1.54) is 0 Å². The molecule has 0 unspecified atom stereocenters. The SMILES string of the molecule is CC(=O)N1CCC(NC(=NCCc2ccco2)NC2CCOCC2)CC1. The van der Waals surface area contributed by atoms with Crippen LogP contribution in [0.1, 0.15) is 38.4 Å². The molecule has 144 valence electrons. The maximum Gasteiger partial charge on any atom is 0.219 e. The summed E-state index contributed by atoms with van der Waals surface area (Å²) in [5.74, 6) is 1.98. The number of hydrogen-bond acceptors (Lipinski definition) is 4. The van der Waals surface area contributed by atoms with Crippen LogP contribution in [0.4, 0.5) is 0 Å². The van der Waals surface area contributed by atoms with Crippen molar-refractivity contribution in [3.8, 4) is 0 Å². The van der Waals surface area contributed by atoms with Gasteiger partial charge in [0.2, 0.25) is 5.91 Å². The van der Waals surface area contributed by atoms with Crippen molar-refractivity contribution >= 4 is 11.9 Å². The fourth-order valence-corrected chi connectivity index (χ4v) is 3.43. The number of carbonyl (C=O) groups is 1. The van der Waals surface area contributed by atoms with E-state index in [0.29, 0.717) is 18.6 Å². The third-order valence-corrected chi connectivity index (χ3v) is 5.05. The predicted molar refractivity (Wildman–Crippen MR) is 100 cm³/mol. The van der Waals surface area contributed by atoms with Gasteiger partial charge in [-0.3, -0.25) is 9.79 Å². The summed E-state index contributed by atoms with van der Waals surface area (Å²) in [6, 6.07) is 4.63. The smallest absolute Gasteiger partial charge is 0.219 e. The standard InChI is InChI=1S/C19H30N4O3/c1-15(24)23-10-5-16(6-11-23)21-19(22-17-7-13-25-14-8-17)20-9-4-18-3-2-12-26-18/h2-3,12,16-17H,4-11,13-14H2,1H3,(H2,20,21,22). The first-order valence-corrected chi connectivity index (χ1v) is 9.64. The van der Waals surface area contributed by atoms with Crippen molar-refractivity contribution < 1.29 is 13.9 Å². The third-order valence-electron chi connectivity index (χ3n) is 5.05. The number of nitrogens with one attached hydrogen (secondary N) is 2. The molecule has 0 spiro atoms. The summed E-state index contributed by atoms with van der Waals surface area (Å²) >= 11 is 0. The molecule has 2 saturated heterocycles. The average Bonchev–Trinajstić information content (AvgIpc) is 3.16. The van der Waals surface area contributed by atoms with E-state index in [1.807, 2.05) is 17.0 Å². The Morgan fingerprint density at radius 3 is 2.50 bits per heavy atom. The third kappa shape index (κ3) is 5.76. The Morgan fingerprint density at radius 1 is 1.19 bits per heavy atom. The first-order chi connectivity index (χ1) is 12.7. The van der Waals surface area contributed by atoms with Crippen molar-refractivity contribution in [2.24, 2.45) is 4.99 Å². The normalized spacial score (nSPS) is 20.2. The maximum atomic E-state index is 11.5. The van der Waals surface area contributed by atoms with Gasteiger partial charge in [-0.2, -0.15) is 0 Å². The van der Waals surface area contributed by atoms with Gasteiger partial charge in [0.15, 0.2) is 5.96 Å². The van der Waals surface area contributed by atoms with Gasteiger partial charge in [0.25, 0.3) is 0 Å². The molecule has 0 saturated carbocycles. The monoisotopic (exact) mass is 362 g/mol. The summed E-state index contributed by atoms with van der Waals surface area (Å²) in [5, 5.41) is 7.14. The Bertz CT molecular complexity index is 574. The number of piperidine rings is 1. The van der Waals surface area contributed by atoms with E-state index in [1.54, 1.807) is 13.2 Å². The zero-order valence-corrected chi connectivity index (χ0v) is 15.6. The summed E-state index contributed by atoms with van der Waals surface area (Å²) < 4.78 is 10.8. The number of guanidine groups is 1. The van der Waals surface area contributed by atoms with Crippen LogP contribution >= 0.6 is 0 Å². The van der Waals surface area contributed by atoms with Crippen molar-refractivity contribution in [3.05, 3.63) is 24.2 Å². The molecule has 0 atom stereocenters. The van der Waals surface area contributed by atoms with Crippen LogP contribution in [0.15, 0.2) is 27.8 Å². The first kappa shape index (κ1) is 18.8. The van der Waals surface area contributed by atoms with Crippen molar-refractivity contribution in [3.63, 3.8) is 0 Å². The summed E-state index contributed by atoms with van der Waals surface area (Å²) in [6.07, 6.45) is 6.39. The molecule has 1 aromatic rings. The molecule has 0 bridgehead atoms. The second kappa shape index (κ2) is 9.62. The van der Waals surface area contributed by atoms with Gasteiger partial charge >= 0.3 is 0 Å². The van der Waals surface area contributed by atoms with Crippen molar-refractivity contribution in [2.75, 3.05) is 32.8 Å². The van der Waals surface area contributed by atoms with E-state index >= 15 is 0 Å². The molecule has 2 fully saturated rings. The highest BCUT2D eigenvalue weighted by atomic mass is 16.5. The molecular formula is C19H30N4O3. The van der Waals surface area contributed by atoms with Gasteiger partial charge in [-0.1, -0.05) is 0 Å². The lowest BCUT2D eigenvalue weighted by Crippen LogP contribution is -2.52. The topological polar surface area (TPSA) is 79.1 Å². The predicted octanol–water partition coefficient (Wildman–Crippen LogP) is 1.55. The lowest BCUT2D eigenvalue weighted by molar-refractivity contribution is -0.129. The van der Waals surface area contributed by atoms with Crippen LogP contribution in [0.5, 0.6) is 0 Å². The van der Waals surface area contributed by atoms with E-state index in [4.69, 9.17) is 14.1 Å². The second-order valence-corrected chi connectivity index (χ2v) is 7.02. The minimum absolute atomic E-state index is 0.163. The number of likely N-dealkylation sites (tertiary alicyclic amines) is 1. The second-order valence-electron chi connectivity index (χ2n) is 7.02. The van der Waals surface area contributed by atoms with Crippen LogP contribution in [0.25, 0.3) is 0 Å². The van der Waals surface area contributed by atoms with Crippen molar-refractivity contribution in [1.82, 2.24) is 15.5 Å². The summed E-state index contributed by atoms with van der Waals surface area (Å²) in [5.41, 5.74) is 0. The van der Waals surface area contributed by atoms with Gasteiger partial charge in [-0.15, -0.1) is 0 Å². The molecule has 3 rings (SSSR count). The van der Waals surface area contributed by atoms with Gasteiger partial charge in [0.05, 0.1) is 6.26 Å². The number of amides is 1. The highest BCUT2D eigenvalue weighted by molar-refractivity contribution is 5.80. The van der Waals surface area contributed by atoms with E-state index in [2.05, 4.69) is 10.6 Å². The van der Waals surface area contributed by atoms with Crippen LogP contribution in [0.3, 0.4) is 0 Å². The molecule has 1 amide bonds. The van der Waals surface area contributed by atoms with E-state index in [-0.39, 0.29) is 5.91 Å². The molecule has 2 aliphatic heterocycles. The first-order valence-electron chi connectivity index (χ1n) is 9.64. The van der Waals surface area contributed by atoms with Crippen molar-refractivity contribution in [2.45, 2.75) is 51.1 Å². The van der Waals surface area contributed by atoms with Gasteiger partial charge in [-0.05, 0) is 37.8 Å². The Hall–Kier alpha value is -2.02. The zero-order chi connectivity index (χ0) is 18.2. The van der Waals surface area contributed by atoms with Crippen LogP contribution in [0, 0.1) is 0 Å². The lowest BCUT2D eigenvalue weighted by atomic mass is 10.1.